The molecule has 2 nitrogen and oxygen atoms in total. The topological polar surface area (TPSA) is 13.1 Å². The first kappa shape index (κ1) is 17.5. The van der Waals surface area contributed by atoms with E-state index in [1.807, 2.05) is 23.1 Å². The van der Waals surface area contributed by atoms with Crippen LogP contribution in [0.5, 0.6) is 5.75 Å². The molecule has 0 radical (unpaired) electrons. The Bertz CT molecular complexity index is 601. The minimum atomic E-state index is 0.224. The third-order valence-corrected chi connectivity index (χ3v) is 4.51. The number of unbranched alkanes of at least 4 members (excludes halogenated alkanes) is 2. The van der Waals surface area contributed by atoms with E-state index in [0.29, 0.717) is 0 Å². The Hall–Kier alpha value is -1.83. The Morgan fingerprint density at radius 3 is 2.35 bits per heavy atom. The normalized spacial score (nSPS) is 11.5. The van der Waals surface area contributed by atoms with Gasteiger partial charge in [-0.25, -0.2) is 4.84 Å². The number of aryl methyl sites for hydroxylation is 1. The molecule has 0 aliphatic carbocycles. The molecule has 2 rings (SSSR count). The molecule has 0 fully saturated rings. The van der Waals surface area contributed by atoms with E-state index < -0.39 is 0 Å². The van der Waals surface area contributed by atoms with E-state index in [0.717, 1.165) is 17.9 Å². The maximum Gasteiger partial charge on any atom is 0.234 e. The summed E-state index contributed by atoms with van der Waals surface area (Å²) in [5.41, 5.74) is 2.77. The number of hydrogen-bond donors (Lipinski definition) is 0. The van der Waals surface area contributed by atoms with Gasteiger partial charge < -0.3 is 0 Å². The molecule has 2 aromatic rings. The molecule has 0 aliphatic rings. The first-order chi connectivity index (χ1) is 11.1. The first-order valence-corrected chi connectivity index (χ1v) is 8.85. The van der Waals surface area contributed by atoms with Crippen LogP contribution in [0.25, 0.3) is 0 Å². The van der Waals surface area contributed by atoms with Crippen molar-refractivity contribution < 1.29 is 9.57 Å². The van der Waals surface area contributed by atoms with Gasteiger partial charge in [-0.15, -0.1) is 0 Å². The fraction of sp³-hybridized carbons (Fsp3) is 0.476. The van der Waals surface area contributed by atoms with Gasteiger partial charge in [0, 0.05) is 23.3 Å². The molecule has 0 spiro atoms. The Labute approximate surface area is 141 Å². The number of rotatable bonds is 8. The monoisotopic (exact) mass is 312 g/mol. The van der Waals surface area contributed by atoms with Gasteiger partial charge in [-0.3, -0.25) is 0 Å². The number of benzene rings is 1. The van der Waals surface area contributed by atoms with Crippen LogP contribution in [0.4, 0.5) is 0 Å². The molecule has 0 saturated carbocycles. The molecule has 0 aliphatic heterocycles. The number of aromatic nitrogens is 1. The highest BCUT2D eigenvalue weighted by Gasteiger charge is 2.20. The Morgan fingerprint density at radius 1 is 0.957 bits per heavy atom. The second kappa shape index (κ2) is 8.14. The summed E-state index contributed by atoms with van der Waals surface area (Å²) in [6.45, 7) is 9.06. The summed E-state index contributed by atoms with van der Waals surface area (Å²) >= 11 is 0. The largest absolute Gasteiger partial charge is 0.234 e. The Kier molecular flexibility index (Phi) is 6.20. The van der Waals surface area contributed by atoms with E-state index in [9.17, 15) is 0 Å². The lowest BCUT2D eigenvalue weighted by Crippen LogP contribution is -2.43. The average Bonchev–Trinajstić information content (AvgIpc) is 2.56. The van der Waals surface area contributed by atoms with Gasteiger partial charge in [0.1, 0.15) is 0 Å². The summed E-state index contributed by atoms with van der Waals surface area (Å²) in [4.78, 5) is 5.98. The second-order valence-electron chi connectivity index (χ2n) is 6.83. The lowest BCUT2D eigenvalue weighted by atomic mass is 9.80. The zero-order chi connectivity index (χ0) is 16.7. The van der Waals surface area contributed by atoms with Crippen molar-refractivity contribution in [2.45, 2.75) is 65.2 Å². The third-order valence-electron chi connectivity index (χ3n) is 4.51. The van der Waals surface area contributed by atoms with Crippen molar-refractivity contribution >= 4 is 0 Å². The lowest BCUT2D eigenvalue weighted by Gasteiger charge is -2.25. The van der Waals surface area contributed by atoms with Gasteiger partial charge in [-0.2, -0.15) is 0 Å². The minimum absolute atomic E-state index is 0.224. The van der Waals surface area contributed by atoms with Crippen LogP contribution in [-0.2, 0) is 11.8 Å². The summed E-state index contributed by atoms with van der Waals surface area (Å²) in [6, 6.07) is 14.7. The number of hydrogen-bond acceptors (Lipinski definition) is 1. The van der Waals surface area contributed by atoms with E-state index in [-0.39, 0.29) is 5.41 Å². The van der Waals surface area contributed by atoms with Gasteiger partial charge in [0.15, 0.2) is 0 Å². The highest BCUT2D eigenvalue weighted by Crippen LogP contribution is 2.30. The molecule has 0 atom stereocenters. The van der Waals surface area contributed by atoms with Gasteiger partial charge in [0.2, 0.25) is 17.6 Å². The van der Waals surface area contributed by atoms with Crippen LogP contribution in [-0.4, -0.2) is 0 Å². The van der Waals surface area contributed by atoms with Crippen LogP contribution in [0.15, 0.2) is 48.7 Å². The molecular formula is C21H30NO+. The zero-order valence-electron chi connectivity index (χ0n) is 15.0. The fourth-order valence-corrected chi connectivity index (χ4v) is 2.87. The predicted octanol–water partition coefficient (Wildman–Crippen LogP) is 5.24. The SMILES string of the molecule is CCCCCC(C)(C)c1ccc(O[n+]2ccccc2CC)cc1. The average molecular weight is 312 g/mol. The van der Waals surface area contributed by atoms with Crippen molar-refractivity contribution in [2.24, 2.45) is 0 Å². The molecule has 0 bridgehead atoms. The molecule has 23 heavy (non-hydrogen) atoms. The molecule has 0 N–H and O–H groups in total. The minimum Gasteiger partial charge on any atom is -0.231 e. The zero-order valence-corrected chi connectivity index (χ0v) is 15.0. The fourth-order valence-electron chi connectivity index (χ4n) is 2.87. The van der Waals surface area contributed by atoms with E-state index in [1.165, 1.54) is 31.2 Å². The van der Waals surface area contributed by atoms with E-state index in [2.05, 4.69) is 58.0 Å². The molecule has 1 heterocycles. The van der Waals surface area contributed by atoms with Crippen LogP contribution < -0.4 is 9.57 Å². The first-order valence-electron chi connectivity index (χ1n) is 8.85. The standard InChI is InChI=1S/C21H30NO/c1-5-7-9-16-21(3,4)18-12-14-20(15-13-18)23-22-17-10-8-11-19(22)6-2/h8,10-15,17H,5-7,9,16H2,1-4H3/q+1. The summed E-state index contributed by atoms with van der Waals surface area (Å²) in [5.74, 6) is 0.879. The molecule has 0 amide bonds. The highest BCUT2D eigenvalue weighted by molar-refractivity contribution is 5.31. The van der Waals surface area contributed by atoms with Gasteiger partial charge >= 0.3 is 0 Å². The molecule has 0 unspecified atom stereocenters. The van der Waals surface area contributed by atoms with Crippen LogP contribution in [0, 0.1) is 0 Å². The Balaban J connectivity index is 2.07. The van der Waals surface area contributed by atoms with Crippen molar-refractivity contribution in [3.63, 3.8) is 0 Å². The molecular weight excluding hydrogens is 282 g/mol. The molecule has 0 saturated heterocycles. The highest BCUT2D eigenvalue weighted by atomic mass is 16.7. The van der Waals surface area contributed by atoms with Gasteiger partial charge in [0.05, 0.1) is 0 Å². The van der Waals surface area contributed by atoms with Crippen molar-refractivity contribution in [3.05, 3.63) is 59.9 Å². The van der Waals surface area contributed by atoms with Crippen molar-refractivity contribution in [2.75, 3.05) is 0 Å². The van der Waals surface area contributed by atoms with Crippen LogP contribution in [0.1, 0.15) is 64.6 Å². The summed E-state index contributed by atoms with van der Waals surface area (Å²) in [5, 5.41) is 0. The van der Waals surface area contributed by atoms with E-state index in [1.54, 1.807) is 0 Å². The molecule has 2 heteroatoms. The van der Waals surface area contributed by atoms with Crippen molar-refractivity contribution in [1.29, 1.82) is 0 Å². The number of nitrogens with zero attached hydrogens (tertiary/aromatic N) is 1. The Morgan fingerprint density at radius 2 is 1.70 bits per heavy atom. The van der Waals surface area contributed by atoms with Gasteiger partial charge in [-0.1, -0.05) is 59.1 Å². The van der Waals surface area contributed by atoms with Crippen LogP contribution >= 0.6 is 0 Å². The number of pyridine rings is 1. The molecule has 124 valence electrons. The molecule has 1 aromatic heterocycles. The van der Waals surface area contributed by atoms with Crippen LogP contribution in [0.3, 0.4) is 0 Å². The third kappa shape index (κ3) is 4.82. The van der Waals surface area contributed by atoms with E-state index in [4.69, 9.17) is 4.84 Å². The molecule has 1 aromatic carbocycles. The van der Waals surface area contributed by atoms with Gasteiger partial charge in [-0.05, 0) is 35.6 Å². The maximum absolute atomic E-state index is 5.98. The predicted molar refractivity (Wildman–Crippen MR) is 95.7 cm³/mol. The lowest BCUT2D eigenvalue weighted by molar-refractivity contribution is -0.880. The smallest absolute Gasteiger partial charge is 0.231 e. The van der Waals surface area contributed by atoms with Gasteiger partial charge in [0.25, 0.3) is 0 Å². The quantitative estimate of drug-likeness (QED) is 0.480. The van der Waals surface area contributed by atoms with Crippen LogP contribution in [0.2, 0.25) is 0 Å². The summed E-state index contributed by atoms with van der Waals surface area (Å²) < 4.78 is 1.85. The summed E-state index contributed by atoms with van der Waals surface area (Å²) in [7, 11) is 0. The maximum atomic E-state index is 5.98. The van der Waals surface area contributed by atoms with E-state index >= 15 is 0 Å². The second-order valence-corrected chi connectivity index (χ2v) is 6.83. The van der Waals surface area contributed by atoms with Crippen molar-refractivity contribution in [1.82, 2.24) is 0 Å². The summed E-state index contributed by atoms with van der Waals surface area (Å²) in [6.07, 6.45) is 8.02. The van der Waals surface area contributed by atoms with Crippen molar-refractivity contribution in [3.8, 4) is 5.75 Å².